The SMILES string of the molecule is CCCCCCC(CCCC)COc1ccc(N2C(=O)c3cc(Br)c4c5c(cc(Br)c(c35)C2=O)C(=O)N(c2ccc(OCC(CCCC)CCCCCC)cc2)C4=O)cc1. The van der Waals surface area contributed by atoms with E-state index in [0.717, 1.165) is 48.3 Å². The molecule has 2 aliphatic heterocycles. The number of hydrogen-bond donors (Lipinski definition) is 0. The molecule has 4 aromatic rings. The molecule has 2 aliphatic rings. The number of halogens is 2. The minimum absolute atomic E-state index is 0.220. The summed E-state index contributed by atoms with van der Waals surface area (Å²) in [5, 5.41) is 0.580. The first-order valence-corrected chi connectivity index (χ1v) is 23.9. The fourth-order valence-electron chi connectivity index (χ4n) is 8.58. The summed E-state index contributed by atoms with van der Waals surface area (Å²) < 4.78 is 13.2. The van der Waals surface area contributed by atoms with Crippen molar-refractivity contribution >= 4 is 77.6 Å². The van der Waals surface area contributed by atoms with Crippen LogP contribution in [0.15, 0.2) is 69.6 Å². The molecule has 0 N–H and O–H groups in total. The van der Waals surface area contributed by atoms with Crippen molar-refractivity contribution in [3.8, 4) is 11.5 Å². The number of hydrogen-bond acceptors (Lipinski definition) is 6. The summed E-state index contributed by atoms with van der Waals surface area (Å²) in [6.45, 7) is 10.1. The van der Waals surface area contributed by atoms with Gasteiger partial charge in [0, 0.05) is 19.7 Å². The van der Waals surface area contributed by atoms with Crippen LogP contribution in [0.5, 0.6) is 11.5 Å². The summed E-state index contributed by atoms with van der Waals surface area (Å²) in [6.07, 6.45) is 19.0. The van der Waals surface area contributed by atoms with Gasteiger partial charge in [0.05, 0.1) is 46.8 Å². The fourth-order valence-corrected chi connectivity index (χ4v) is 9.77. The number of ether oxygens (including phenoxy) is 2. The maximum Gasteiger partial charge on any atom is 0.267 e. The van der Waals surface area contributed by atoms with Gasteiger partial charge >= 0.3 is 0 Å². The average Bonchev–Trinajstić information content (AvgIpc) is 3.24. The highest BCUT2D eigenvalue weighted by Crippen LogP contribution is 2.45. The van der Waals surface area contributed by atoms with Crippen LogP contribution in [0, 0.1) is 11.8 Å². The van der Waals surface area contributed by atoms with Gasteiger partial charge in [-0.15, -0.1) is 0 Å². The Morgan fingerprint density at radius 2 is 0.817 bits per heavy atom. The van der Waals surface area contributed by atoms with Gasteiger partial charge in [-0.1, -0.05) is 105 Å². The molecule has 0 bridgehead atoms. The predicted octanol–water partition coefficient (Wildman–Crippen LogP) is 14.3. The summed E-state index contributed by atoms with van der Waals surface area (Å²) in [4.78, 5) is 59.6. The van der Waals surface area contributed by atoms with Crippen molar-refractivity contribution in [1.29, 1.82) is 0 Å². The van der Waals surface area contributed by atoms with Crippen molar-refractivity contribution < 1.29 is 28.7 Å². The van der Waals surface area contributed by atoms with Gasteiger partial charge in [0.25, 0.3) is 23.6 Å². The van der Waals surface area contributed by atoms with Gasteiger partial charge in [0.15, 0.2) is 0 Å². The Labute approximate surface area is 373 Å². The van der Waals surface area contributed by atoms with Crippen molar-refractivity contribution in [1.82, 2.24) is 0 Å². The van der Waals surface area contributed by atoms with Gasteiger partial charge in [-0.3, -0.25) is 19.2 Å². The largest absolute Gasteiger partial charge is 0.493 e. The molecule has 4 amide bonds. The maximum atomic E-state index is 14.3. The number of nitrogens with zero attached hydrogens (tertiary/aromatic N) is 2. The minimum Gasteiger partial charge on any atom is -0.493 e. The molecule has 2 atom stereocenters. The number of rotatable bonds is 24. The molecule has 0 aliphatic carbocycles. The second-order valence-electron chi connectivity index (χ2n) is 16.5. The van der Waals surface area contributed by atoms with Gasteiger partial charge in [0.2, 0.25) is 0 Å². The van der Waals surface area contributed by atoms with E-state index in [1.54, 1.807) is 60.7 Å². The van der Waals surface area contributed by atoms with Crippen molar-refractivity contribution in [2.24, 2.45) is 11.8 Å². The molecule has 2 heterocycles. The van der Waals surface area contributed by atoms with Gasteiger partial charge in [-0.2, -0.15) is 0 Å². The maximum absolute atomic E-state index is 14.3. The Morgan fingerprint density at radius 3 is 1.17 bits per heavy atom. The molecule has 6 rings (SSSR count). The lowest BCUT2D eigenvalue weighted by atomic mass is 9.85. The highest BCUT2D eigenvalue weighted by atomic mass is 79.9. The molecule has 0 spiro atoms. The molecule has 0 saturated carbocycles. The predicted molar refractivity (Wildman–Crippen MR) is 249 cm³/mol. The van der Waals surface area contributed by atoms with Crippen LogP contribution in [0.25, 0.3) is 10.8 Å². The smallest absolute Gasteiger partial charge is 0.267 e. The highest BCUT2D eigenvalue weighted by Gasteiger charge is 2.43. The van der Waals surface area contributed by atoms with E-state index in [0.29, 0.717) is 67.6 Å². The van der Waals surface area contributed by atoms with Gasteiger partial charge in [-0.05, 0) is 130 Å². The first kappa shape index (κ1) is 45.5. The Kier molecular flexibility index (Phi) is 16.4. The first-order chi connectivity index (χ1) is 29.1. The molecular weight excluding hydrogens is 884 g/mol. The van der Waals surface area contributed by atoms with Gasteiger partial charge < -0.3 is 9.47 Å². The minimum atomic E-state index is -0.546. The number of amides is 4. The molecule has 0 radical (unpaired) electrons. The number of imide groups is 2. The van der Waals surface area contributed by atoms with Gasteiger partial charge in [0.1, 0.15) is 11.5 Å². The summed E-state index contributed by atoms with van der Waals surface area (Å²) in [6, 6.07) is 17.3. The monoisotopic (exact) mass is 942 g/mol. The van der Waals surface area contributed by atoms with Crippen LogP contribution < -0.4 is 19.3 Å². The topological polar surface area (TPSA) is 93.2 Å². The van der Waals surface area contributed by atoms with Crippen LogP contribution in [0.1, 0.15) is 172 Å². The second kappa shape index (κ2) is 21.7. The Morgan fingerprint density at radius 1 is 0.467 bits per heavy atom. The molecular formula is C50H60Br2N2O6. The molecule has 320 valence electrons. The average molecular weight is 945 g/mol. The lowest BCUT2D eigenvalue weighted by Crippen LogP contribution is -2.44. The third-order valence-corrected chi connectivity index (χ3v) is 13.3. The zero-order valence-electron chi connectivity index (χ0n) is 35.8. The van der Waals surface area contributed by atoms with Crippen LogP contribution in [-0.4, -0.2) is 36.8 Å². The van der Waals surface area contributed by atoms with E-state index < -0.39 is 23.6 Å². The number of carbonyl (C=O) groups excluding carboxylic acids is 4. The first-order valence-electron chi connectivity index (χ1n) is 22.3. The number of benzene rings is 4. The molecule has 0 saturated heterocycles. The second-order valence-corrected chi connectivity index (χ2v) is 18.2. The van der Waals surface area contributed by atoms with Crippen molar-refractivity contribution in [3.05, 3.63) is 91.9 Å². The summed E-state index contributed by atoms with van der Waals surface area (Å²) in [5.74, 6) is 0.152. The van der Waals surface area contributed by atoms with E-state index in [9.17, 15) is 19.2 Å². The van der Waals surface area contributed by atoms with Crippen LogP contribution >= 0.6 is 31.9 Å². The molecule has 60 heavy (non-hydrogen) atoms. The van der Waals surface area contributed by atoms with E-state index in [4.69, 9.17) is 9.47 Å². The Balaban J connectivity index is 1.21. The van der Waals surface area contributed by atoms with Crippen LogP contribution in [-0.2, 0) is 0 Å². The Bertz CT molecular complexity index is 2000. The quantitative estimate of drug-likeness (QED) is 0.0513. The van der Waals surface area contributed by atoms with E-state index in [1.165, 1.54) is 64.2 Å². The van der Waals surface area contributed by atoms with Crippen LogP contribution in [0.4, 0.5) is 11.4 Å². The number of unbranched alkanes of at least 4 members (excludes halogenated alkanes) is 8. The van der Waals surface area contributed by atoms with Gasteiger partial charge in [-0.25, -0.2) is 9.80 Å². The third-order valence-electron chi connectivity index (χ3n) is 12.0. The van der Waals surface area contributed by atoms with E-state index in [2.05, 4.69) is 59.6 Å². The standard InChI is InChI=1S/C50H60Br2N2O6/c1-5-9-13-15-19-33(17-11-7-3)31-59-37-25-21-35(22-26-37)53-47(55)39-29-42(52)46-44-40(30-41(51)45(43(39)44)49(53)57)48(56)54(50(46)58)36-23-27-38(28-24-36)60-32-34(18-12-8-4)20-16-14-10-6-2/h21-30,33-34H,5-20,31-32H2,1-4H3. The van der Waals surface area contributed by atoms with Crippen LogP contribution in [0.3, 0.4) is 0 Å². The Hall–Kier alpha value is -4.02. The molecule has 0 fully saturated rings. The highest BCUT2D eigenvalue weighted by molar-refractivity contribution is 9.10. The molecule has 2 unspecified atom stereocenters. The van der Waals surface area contributed by atoms with Crippen LogP contribution in [0.2, 0.25) is 0 Å². The molecule has 0 aromatic heterocycles. The third kappa shape index (κ3) is 10.2. The summed E-state index contributed by atoms with van der Waals surface area (Å²) >= 11 is 7.18. The summed E-state index contributed by atoms with van der Waals surface area (Å²) in [5.41, 5.74) is 1.68. The van der Waals surface area contributed by atoms with Crippen molar-refractivity contribution in [2.45, 2.75) is 130 Å². The fraction of sp³-hybridized carbons (Fsp3) is 0.480. The van der Waals surface area contributed by atoms with E-state index in [-0.39, 0.29) is 22.3 Å². The number of anilines is 2. The van der Waals surface area contributed by atoms with E-state index >= 15 is 0 Å². The lowest BCUT2D eigenvalue weighted by molar-refractivity contribution is 0.0872. The molecule has 10 heteroatoms. The molecule has 8 nitrogen and oxygen atoms in total. The summed E-state index contributed by atoms with van der Waals surface area (Å²) in [7, 11) is 0. The van der Waals surface area contributed by atoms with Crippen molar-refractivity contribution in [3.63, 3.8) is 0 Å². The molecule has 4 aromatic carbocycles. The van der Waals surface area contributed by atoms with E-state index in [1.807, 2.05) is 0 Å². The normalized spacial score (nSPS) is 14.6. The zero-order chi connectivity index (χ0) is 42.8. The van der Waals surface area contributed by atoms with Crippen molar-refractivity contribution in [2.75, 3.05) is 23.0 Å². The zero-order valence-corrected chi connectivity index (χ0v) is 38.9. The lowest BCUT2D eigenvalue weighted by Gasteiger charge is -2.33. The number of carbonyl (C=O) groups is 4.